The van der Waals surface area contributed by atoms with Crippen LogP contribution in [0.2, 0.25) is 0 Å². The van der Waals surface area contributed by atoms with Gasteiger partial charge in [0.25, 0.3) is 0 Å². The first-order valence-electron chi connectivity index (χ1n) is 16.3. The van der Waals surface area contributed by atoms with E-state index in [1.165, 1.54) is 43.4 Å². The van der Waals surface area contributed by atoms with Crippen molar-refractivity contribution in [3.8, 4) is 34.0 Å². The summed E-state index contributed by atoms with van der Waals surface area (Å²) < 4.78 is 4.39. The fraction of sp³-hybridized carbons (Fsp3) is 0. The van der Waals surface area contributed by atoms with Gasteiger partial charge in [-0.25, -0.2) is 4.98 Å². The van der Waals surface area contributed by atoms with Crippen molar-refractivity contribution in [3.63, 3.8) is 0 Å². The van der Waals surface area contributed by atoms with Gasteiger partial charge in [0.2, 0.25) is 5.95 Å². The highest BCUT2D eigenvalue weighted by Crippen LogP contribution is 2.38. The zero-order valence-corrected chi connectivity index (χ0v) is 26.0. The predicted octanol–water partition coefficient (Wildman–Crippen LogP) is 11.2. The van der Waals surface area contributed by atoms with Crippen molar-refractivity contribution < 1.29 is 0 Å². The lowest BCUT2D eigenvalue weighted by atomic mass is 9.97. The summed E-state index contributed by atoms with van der Waals surface area (Å²) in [4.78, 5) is 10.7. The maximum Gasteiger partial charge on any atom is 0.237 e. The molecule has 0 spiro atoms. The maximum absolute atomic E-state index is 5.39. The lowest BCUT2D eigenvalue weighted by molar-refractivity contribution is 0.988. The number of benzene rings is 7. The van der Waals surface area contributed by atoms with Gasteiger partial charge >= 0.3 is 0 Å². The second kappa shape index (κ2) is 10.5. The molecular formula is C44H28N4. The Morgan fingerprint density at radius 2 is 1.08 bits per heavy atom. The molecule has 10 rings (SSSR count). The predicted molar refractivity (Wildman–Crippen MR) is 199 cm³/mol. The summed E-state index contributed by atoms with van der Waals surface area (Å²) in [5.41, 5.74) is 8.44. The Bertz CT molecular complexity index is 2820. The lowest BCUT2D eigenvalue weighted by Gasteiger charge is -2.13. The fourth-order valence-corrected chi connectivity index (χ4v) is 7.36. The number of fused-ring (bicyclic) bond motifs is 7. The molecule has 4 nitrogen and oxygen atoms in total. The molecule has 0 unspecified atom stereocenters. The van der Waals surface area contributed by atoms with Gasteiger partial charge in [-0.3, -0.25) is 4.57 Å². The van der Waals surface area contributed by atoms with Crippen LogP contribution < -0.4 is 0 Å². The third kappa shape index (κ3) is 4.03. The van der Waals surface area contributed by atoms with E-state index in [1.54, 1.807) is 0 Å². The molecular weight excluding hydrogens is 585 g/mol. The Hall–Kier alpha value is -6.52. The van der Waals surface area contributed by atoms with Crippen LogP contribution in [0.4, 0.5) is 0 Å². The van der Waals surface area contributed by atoms with Crippen LogP contribution in [0.1, 0.15) is 0 Å². The van der Waals surface area contributed by atoms with E-state index in [4.69, 9.17) is 9.97 Å². The second-order valence-corrected chi connectivity index (χ2v) is 12.3. The van der Waals surface area contributed by atoms with E-state index in [0.717, 1.165) is 39.0 Å². The van der Waals surface area contributed by atoms with E-state index in [-0.39, 0.29) is 0 Å². The molecule has 0 saturated carbocycles. The Kier molecular flexibility index (Phi) is 5.84. The summed E-state index contributed by atoms with van der Waals surface area (Å²) in [5.74, 6) is 0.646. The molecule has 0 atom stereocenters. The van der Waals surface area contributed by atoms with Crippen LogP contribution in [0.25, 0.3) is 88.4 Å². The van der Waals surface area contributed by atoms with Gasteiger partial charge in [-0.05, 0) is 63.0 Å². The van der Waals surface area contributed by atoms with E-state index in [1.807, 2.05) is 6.07 Å². The van der Waals surface area contributed by atoms with E-state index in [0.29, 0.717) is 5.95 Å². The lowest BCUT2D eigenvalue weighted by Crippen LogP contribution is -2.05. The molecule has 3 heterocycles. The minimum atomic E-state index is 0.646. The summed E-state index contributed by atoms with van der Waals surface area (Å²) in [6, 6.07) is 58.0. The summed E-state index contributed by atoms with van der Waals surface area (Å²) in [7, 11) is 0. The van der Waals surface area contributed by atoms with Crippen LogP contribution in [0, 0.1) is 0 Å². The summed E-state index contributed by atoms with van der Waals surface area (Å²) in [6.07, 6.45) is 2.10. The van der Waals surface area contributed by atoms with Gasteiger partial charge in [0.1, 0.15) is 0 Å². The van der Waals surface area contributed by atoms with Crippen molar-refractivity contribution in [1.29, 1.82) is 0 Å². The highest BCUT2D eigenvalue weighted by atomic mass is 15.2. The first-order valence-corrected chi connectivity index (χ1v) is 16.3. The minimum Gasteiger partial charge on any atom is -0.301 e. The largest absolute Gasteiger partial charge is 0.301 e. The molecule has 0 N–H and O–H groups in total. The topological polar surface area (TPSA) is 35.6 Å². The molecule has 48 heavy (non-hydrogen) atoms. The van der Waals surface area contributed by atoms with Gasteiger partial charge in [-0.15, -0.1) is 0 Å². The molecule has 0 aliphatic carbocycles. The van der Waals surface area contributed by atoms with Crippen molar-refractivity contribution in [1.82, 2.24) is 19.1 Å². The van der Waals surface area contributed by atoms with Gasteiger partial charge in [-0.1, -0.05) is 133 Å². The van der Waals surface area contributed by atoms with Gasteiger partial charge < -0.3 is 4.57 Å². The Balaban J connectivity index is 1.24. The van der Waals surface area contributed by atoms with E-state index in [9.17, 15) is 0 Å². The van der Waals surface area contributed by atoms with E-state index in [2.05, 4.69) is 173 Å². The number of rotatable bonds is 4. The van der Waals surface area contributed by atoms with Crippen molar-refractivity contribution in [3.05, 3.63) is 170 Å². The van der Waals surface area contributed by atoms with Crippen LogP contribution in [0.15, 0.2) is 170 Å². The number of para-hydroxylation sites is 2. The van der Waals surface area contributed by atoms with Crippen LogP contribution in [-0.4, -0.2) is 19.1 Å². The molecule has 0 amide bonds. The van der Waals surface area contributed by atoms with Gasteiger partial charge in [-0.2, -0.15) is 4.98 Å². The Morgan fingerprint density at radius 1 is 0.417 bits per heavy atom. The maximum atomic E-state index is 5.39. The smallest absolute Gasteiger partial charge is 0.237 e. The van der Waals surface area contributed by atoms with Crippen molar-refractivity contribution >= 4 is 54.4 Å². The van der Waals surface area contributed by atoms with Crippen molar-refractivity contribution in [2.75, 3.05) is 0 Å². The zero-order chi connectivity index (χ0) is 31.6. The average molecular weight is 613 g/mol. The third-order valence-corrected chi connectivity index (χ3v) is 9.59. The fourth-order valence-electron chi connectivity index (χ4n) is 7.36. The molecule has 224 valence electrons. The first-order chi connectivity index (χ1) is 23.8. The van der Waals surface area contributed by atoms with Crippen molar-refractivity contribution in [2.45, 2.75) is 0 Å². The minimum absolute atomic E-state index is 0.646. The Morgan fingerprint density at radius 3 is 1.92 bits per heavy atom. The molecule has 0 aliphatic heterocycles. The molecule has 3 aromatic heterocycles. The van der Waals surface area contributed by atoms with Crippen LogP contribution in [0.3, 0.4) is 0 Å². The number of nitrogens with zero attached hydrogens (tertiary/aromatic N) is 4. The number of hydrogen-bond donors (Lipinski definition) is 0. The van der Waals surface area contributed by atoms with Gasteiger partial charge in [0, 0.05) is 33.6 Å². The average Bonchev–Trinajstić information content (AvgIpc) is 3.74. The second-order valence-electron chi connectivity index (χ2n) is 12.3. The molecule has 0 aliphatic rings. The van der Waals surface area contributed by atoms with Crippen LogP contribution in [-0.2, 0) is 0 Å². The van der Waals surface area contributed by atoms with Gasteiger partial charge in [0.15, 0.2) is 5.65 Å². The molecule has 0 bridgehead atoms. The van der Waals surface area contributed by atoms with E-state index < -0.39 is 0 Å². The summed E-state index contributed by atoms with van der Waals surface area (Å²) in [5, 5.41) is 8.34. The number of hydrogen-bond acceptors (Lipinski definition) is 2. The Labute approximate surface area is 276 Å². The summed E-state index contributed by atoms with van der Waals surface area (Å²) >= 11 is 0. The third-order valence-electron chi connectivity index (χ3n) is 9.59. The van der Waals surface area contributed by atoms with Crippen LogP contribution >= 0.6 is 0 Å². The summed E-state index contributed by atoms with van der Waals surface area (Å²) in [6.45, 7) is 0. The van der Waals surface area contributed by atoms with Crippen LogP contribution in [0.5, 0.6) is 0 Å². The standard InChI is InChI=1S/C44H28N4/c1-2-14-33(15-3-1)47-28-27-38-42(32-23-21-31(22-24-32)35-19-10-13-29-11-4-6-16-34(29)35)45-44(46-43(38)47)48-39-20-9-8-18-37(39)41-36-17-7-5-12-30(36)25-26-40(41)48/h1-28H. The molecule has 0 radical (unpaired) electrons. The monoisotopic (exact) mass is 612 g/mol. The highest BCUT2D eigenvalue weighted by molar-refractivity contribution is 6.21. The molecule has 0 fully saturated rings. The molecule has 7 aromatic carbocycles. The quantitative estimate of drug-likeness (QED) is 0.198. The van der Waals surface area contributed by atoms with E-state index >= 15 is 0 Å². The molecule has 10 aromatic rings. The number of aromatic nitrogens is 4. The highest BCUT2D eigenvalue weighted by Gasteiger charge is 2.20. The molecule has 4 heteroatoms. The zero-order valence-electron chi connectivity index (χ0n) is 26.0. The van der Waals surface area contributed by atoms with Crippen molar-refractivity contribution in [2.24, 2.45) is 0 Å². The normalized spacial score (nSPS) is 11.8. The molecule has 0 saturated heterocycles. The first kappa shape index (κ1) is 26.7. The SMILES string of the molecule is c1ccc(-n2ccc3c(-c4ccc(-c5cccc6ccccc56)cc4)nc(-n4c5ccccc5c5c6ccccc6ccc54)nc32)cc1. The van der Waals surface area contributed by atoms with Gasteiger partial charge in [0.05, 0.1) is 16.7 Å².